The number of fused-ring (bicyclic) bond motifs is 3. The molecule has 2 aliphatic rings. The number of rotatable bonds is 2. The highest BCUT2D eigenvalue weighted by Crippen LogP contribution is 2.41. The van der Waals surface area contributed by atoms with Gasteiger partial charge in [-0.05, 0) is 101 Å². The summed E-state index contributed by atoms with van der Waals surface area (Å²) in [6.45, 7) is 6.77. The van der Waals surface area contributed by atoms with Gasteiger partial charge in [0.25, 0.3) is 0 Å². The van der Waals surface area contributed by atoms with Gasteiger partial charge in [0.05, 0.1) is 11.3 Å². The minimum absolute atomic E-state index is 0.383. The van der Waals surface area contributed by atoms with E-state index in [0.717, 1.165) is 48.6 Å². The van der Waals surface area contributed by atoms with Gasteiger partial charge in [-0.3, -0.25) is 0 Å². The Morgan fingerprint density at radius 3 is 2.44 bits per heavy atom. The predicted molar refractivity (Wildman–Crippen MR) is 121 cm³/mol. The molecule has 1 saturated heterocycles. The topological polar surface area (TPSA) is 49.2 Å². The third-order valence-corrected chi connectivity index (χ3v) is 6.32. The third kappa shape index (κ3) is 6.21. The monoisotopic (exact) mass is 449 g/mol. The second-order valence-corrected chi connectivity index (χ2v) is 9.15. The van der Waals surface area contributed by atoms with Gasteiger partial charge in [0.2, 0.25) is 0 Å². The van der Waals surface area contributed by atoms with Crippen molar-refractivity contribution in [2.45, 2.75) is 71.4 Å². The van der Waals surface area contributed by atoms with Gasteiger partial charge < -0.3 is 10.0 Å². The number of benzene rings is 1. The zero-order valence-electron chi connectivity index (χ0n) is 19.3. The number of phenolic OH excluding ortho intramolecular Hbond substituents is 1. The third-order valence-electron chi connectivity index (χ3n) is 6.32. The van der Waals surface area contributed by atoms with Crippen LogP contribution >= 0.6 is 0 Å². The molecule has 2 aromatic rings. The standard InChI is InChI=1S/C16H15F3N2O.C9H19N/c1-9-6-11-5-3-2-4-10-7-12(16(17,18)19)8-13(22)14(10)15(11)21-20-9;1-3-5-9-6-4-7-10(2)8-9/h6-8,22H,2-5H2,1H3;9H,3-8H2,1-2H3. The molecule has 1 atom stereocenters. The molecular formula is C25H34F3N3O. The van der Waals surface area contributed by atoms with E-state index in [1.165, 1.54) is 38.8 Å². The minimum Gasteiger partial charge on any atom is -0.507 e. The van der Waals surface area contributed by atoms with Crippen LogP contribution in [0.5, 0.6) is 5.75 Å². The molecule has 0 amide bonds. The van der Waals surface area contributed by atoms with Crippen molar-refractivity contribution < 1.29 is 18.3 Å². The first-order valence-electron chi connectivity index (χ1n) is 11.6. The summed E-state index contributed by atoms with van der Waals surface area (Å²) < 4.78 is 38.8. The Kier molecular flexibility index (Phi) is 8.15. The van der Waals surface area contributed by atoms with Crippen LogP contribution in [0.25, 0.3) is 11.3 Å². The summed E-state index contributed by atoms with van der Waals surface area (Å²) in [5.41, 5.74) is 2.20. The zero-order chi connectivity index (χ0) is 23.3. The summed E-state index contributed by atoms with van der Waals surface area (Å²) in [7, 11) is 2.24. The van der Waals surface area contributed by atoms with Gasteiger partial charge in [0.15, 0.2) is 0 Å². The van der Waals surface area contributed by atoms with Crippen molar-refractivity contribution in [3.8, 4) is 17.0 Å². The van der Waals surface area contributed by atoms with Gasteiger partial charge in [-0.25, -0.2) is 0 Å². The average Bonchev–Trinajstić information content (AvgIpc) is 2.70. The molecule has 4 nitrogen and oxygen atoms in total. The fraction of sp³-hybridized carbons (Fsp3) is 0.600. The van der Waals surface area contributed by atoms with Crippen molar-refractivity contribution in [1.29, 1.82) is 0 Å². The van der Waals surface area contributed by atoms with E-state index in [-0.39, 0.29) is 5.75 Å². The Morgan fingerprint density at radius 1 is 1.06 bits per heavy atom. The van der Waals surface area contributed by atoms with Gasteiger partial charge in [-0.1, -0.05) is 13.3 Å². The number of aromatic nitrogens is 2. The molecule has 0 radical (unpaired) electrons. The van der Waals surface area contributed by atoms with E-state index in [9.17, 15) is 18.3 Å². The molecule has 0 saturated carbocycles. The number of phenols is 1. The Morgan fingerprint density at radius 2 is 1.78 bits per heavy atom. The van der Waals surface area contributed by atoms with E-state index in [1.807, 2.05) is 13.0 Å². The molecule has 32 heavy (non-hydrogen) atoms. The van der Waals surface area contributed by atoms with Crippen LogP contribution in [-0.4, -0.2) is 40.3 Å². The van der Waals surface area contributed by atoms with Crippen LogP contribution in [0.15, 0.2) is 18.2 Å². The van der Waals surface area contributed by atoms with Gasteiger partial charge in [-0.15, -0.1) is 5.10 Å². The van der Waals surface area contributed by atoms with Crippen molar-refractivity contribution in [2.75, 3.05) is 20.1 Å². The predicted octanol–water partition coefficient (Wildman–Crippen LogP) is 6.18. The highest BCUT2D eigenvalue weighted by atomic mass is 19.4. The minimum atomic E-state index is -4.48. The summed E-state index contributed by atoms with van der Waals surface area (Å²) >= 11 is 0. The normalized spacial score (nSPS) is 19.1. The van der Waals surface area contributed by atoms with Crippen molar-refractivity contribution in [1.82, 2.24) is 15.1 Å². The molecule has 1 aromatic carbocycles. The lowest BCUT2D eigenvalue weighted by molar-refractivity contribution is -0.137. The molecule has 1 unspecified atom stereocenters. The highest BCUT2D eigenvalue weighted by molar-refractivity contribution is 5.74. The molecule has 0 bridgehead atoms. The number of likely N-dealkylation sites (tertiary alicyclic amines) is 1. The van der Waals surface area contributed by atoms with Crippen LogP contribution in [0, 0.1) is 12.8 Å². The van der Waals surface area contributed by atoms with Crippen molar-refractivity contribution in [3.05, 3.63) is 40.6 Å². The van der Waals surface area contributed by atoms with Crippen LogP contribution in [0.1, 0.15) is 67.8 Å². The fourth-order valence-corrected chi connectivity index (χ4v) is 4.81. The van der Waals surface area contributed by atoms with Crippen LogP contribution in [-0.2, 0) is 19.0 Å². The number of hydrogen-bond donors (Lipinski definition) is 1. The molecule has 1 aliphatic heterocycles. The van der Waals surface area contributed by atoms with E-state index >= 15 is 0 Å². The number of nitrogens with zero attached hydrogens (tertiary/aromatic N) is 3. The Hall–Kier alpha value is -2.15. The van der Waals surface area contributed by atoms with E-state index in [0.29, 0.717) is 23.2 Å². The van der Waals surface area contributed by atoms with Crippen molar-refractivity contribution in [3.63, 3.8) is 0 Å². The number of aryl methyl sites for hydroxylation is 3. The lowest BCUT2D eigenvalue weighted by Crippen LogP contribution is -2.31. The SMILES string of the molecule is CCCC1CCCN(C)C1.Cc1cc2c(nn1)-c1c(O)cc(C(F)(F)F)cc1CCCC2. The maximum atomic E-state index is 12.9. The largest absolute Gasteiger partial charge is 0.507 e. The fourth-order valence-electron chi connectivity index (χ4n) is 4.81. The van der Waals surface area contributed by atoms with Gasteiger partial charge in [0.1, 0.15) is 11.4 Å². The van der Waals surface area contributed by atoms with E-state index in [1.54, 1.807) is 0 Å². The Labute approximate surface area is 188 Å². The molecule has 1 fully saturated rings. The first-order valence-corrected chi connectivity index (χ1v) is 11.6. The van der Waals surface area contributed by atoms with E-state index in [4.69, 9.17) is 0 Å². The van der Waals surface area contributed by atoms with Gasteiger partial charge in [0, 0.05) is 12.1 Å². The maximum Gasteiger partial charge on any atom is 0.416 e. The first kappa shape index (κ1) is 24.5. The first-order chi connectivity index (χ1) is 15.2. The van der Waals surface area contributed by atoms with Gasteiger partial charge >= 0.3 is 6.18 Å². The number of alkyl halides is 3. The average molecular weight is 450 g/mol. The number of halogens is 3. The quantitative estimate of drug-likeness (QED) is 0.594. The van der Waals surface area contributed by atoms with E-state index < -0.39 is 11.7 Å². The maximum absolute atomic E-state index is 12.9. The second-order valence-electron chi connectivity index (χ2n) is 9.15. The molecule has 1 N–H and O–H groups in total. The Balaban J connectivity index is 0.000000243. The zero-order valence-corrected chi connectivity index (χ0v) is 19.3. The highest BCUT2D eigenvalue weighted by Gasteiger charge is 2.33. The number of hydrogen-bond acceptors (Lipinski definition) is 4. The smallest absolute Gasteiger partial charge is 0.416 e. The molecule has 1 aromatic heterocycles. The van der Waals surface area contributed by atoms with Crippen LogP contribution < -0.4 is 0 Å². The summed E-state index contributed by atoms with van der Waals surface area (Å²) in [6.07, 6.45) is 4.12. The number of piperidine rings is 1. The molecule has 4 rings (SSSR count). The lowest BCUT2D eigenvalue weighted by atomic mass is 9.89. The number of aromatic hydroxyl groups is 1. The van der Waals surface area contributed by atoms with Gasteiger partial charge in [-0.2, -0.15) is 18.3 Å². The lowest BCUT2D eigenvalue weighted by Gasteiger charge is -2.29. The van der Waals surface area contributed by atoms with E-state index in [2.05, 4.69) is 29.1 Å². The van der Waals surface area contributed by atoms with Crippen LogP contribution in [0.3, 0.4) is 0 Å². The van der Waals surface area contributed by atoms with Crippen molar-refractivity contribution in [2.24, 2.45) is 5.92 Å². The molecule has 1 aliphatic carbocycles. The summed E-state index contributed by atoms with van der Waals surface area (Å²) in [4.78, 5) is 2.46. The molecule has 176 valence electrons. The molecule has 7 heteroatoms. The second kappa shape index (κ2) is 10.6. The van der Waals surface area contributed by atoms with Crippen molar-refractivity contribution >= 4 is 0 Å². The van der Waals surface area contributed by atoms with Crippen LogP contribution in [0.2, 0.25) is 0 Å². The van der Waals surface area contributed by atoms with Crippen LogP contribution in [0.4, 0.5) is 13.2 Å². The summed E-state index contributed by atoms with van der Waals surface area (Å²) in [5, 5.41) is 18.3. The summed E-state index contributed by atoms with van der Waals surface area (Å²) in [5.74, 6) is 0.620. The molecule has 2 heterocycles. The summed E-state index contributed by atoms with van der Waals surface area (Å²) in [6, 6.07) is 3.77. The Bertz CT molecular complexity index is 912. The molecule has 0 spiro atoms. The molecular weight excluding hydrogens is 415 g/mol.